The lowest BCUT2D eigenvalue weighted by Crippen LogP contribution is -2.32. The van der Waals surface area contributed by atoms with E-state index in [0.717, 1.165) is 34.8 Å². The Morgan fingerprint density at radius 3 is 2.46 bits per heavy atom. The van der Waals surface area contributed by atoms with Crippen molar-refractivity contribution < 1.29 is 9.53 Å². The molecule has 148 valence electrons. The monoisotopic (exact) mass is 399 g/mol. The Hall–Kier alpha value is -2.53. The van der Waals surface area contributed by atoms with Crippen LogP contribution in [0.5, 0.6) is 5.75 Å². The van der Waals surface area contributed by atoms with Crippen molar-refractivity contribution in [3.8, 4) is 17.0 Å². The highest BCUT2D eigenvalue weighted by Gasteiger charge is 2.19. The Morgan fingerprint density at radius 2 is 1.82 bits per heavy atom. The number of pyridine rings is 1. The zero-order chi connectivity index (χ0) is 20.1. The van der Waals surface area contributed by atoms with E-state index >= 15 is 0 Å². The van der Waals surface area contributed by atoms with Gasteiger partial charge >= 0.3 is 0 Å². The van der Waals surface area contributed by atoms with Crippen LogP contribution in [0.4, 0.5) is 0 Å². The van der Waals surface area contributed by atoms with Crippen LogP contribution in [0.15, 0.2) is 42.6 Å². The normalized spacial score (nSPS) is 11.0. The Balaban J connectivity index is 2.02. The predicted octanol–water partition coefficient (Wildman–Crippen LogP) is 4.85. The second-order valence-electron chi connectivity index (χ2n) is 6.60. The number of carbonyl (C=O) groups is 1. The number of hydrogen-bond donors (Lipinski definition) is 0. The van der Waals surface area contributed by atoms with E-state index in [-0.39, 0.29) is 12.3 Å². The van der Waals surface area contributed by atoms with Crippen LogP contribution in [-0.4, -0.2) is 39.9 Å². The van der Waals surface area contributed by atoms with Gasteiger partial charge in [0, 0.05) is 24.8 Å². The smallest absolute Gasteiger partial charge is 0.228 e. The summed E-state index contributed by atoms with van der Waals surface area (Å²) in [6, 6.07) is 11.5. The molecule has 3 rings (SSSR count). The summed E-state index contributed by atoms with van der Waals surface area (Å²) in [5.74, 6) is 0.911. The van der Waals surface area contributed by atoms with Gasteiger partial charge in [-0.25, -0.2) is 4.98 Å². The van der Waals surface area contributed by atoms with Crippen LogP contribution < -0.4 is 4.74 Å². The third-order valence-corrected chi connectivity index (χ3v) is 4.94. The van der Waals surface area contributed by atoms with E-state index < -0.39 is 0 Å². The molecule has 0 bridgehead atoms. The van der Waals surface area contributed by atoms with E-state index in [4.69, 9.17) is 21.3 Å². The van der Waals surface area contributed by atoms with Crippen LogP contribution in [0.25, 0.3) is 16.9 Å². The standard InChI is InChI=1S/C22H26ClN3O2/c1-4-13-28-18-10-7-16(8-11-18)22-19(14-21(27)25(5-2)6-3)26-15-17(23)9-12-20(26)24-22/h7-12,15H,4-6,13-14H2,1-3H3. The number of likely N-dealkylation sites (N-methyl/N-ethyl adjacent to an activating group) is 1. The molecule has 0 aliphatic heterocycles. The van der Waals surface area contributed by atoms with Crippen molar-refractivity contribution in [2.45, 2.75) is 33.6 Å². The van der Waals surface area contributed by atoms with Crippen molar-refractivity contribution in [2.24, 2.45) is 0 Å². The first-order valence-corrected chi connectivity index (χ1v) is 10.1. The van der Waals surface area contributed by atoms with Gasteiger partial charge in [0.25, 0.3) is 0 Å². The fourth-order valence-corrected chi connectivity index (χ4v) is 3.39. The molecular formula is C22H26ClN3O2. The van der Waals surface area contributed by atoms with Gasteiger partial charge in [-0.1, -0.05) is 18.5 Å². The van der Waals surface area contributed by atoms with Crippen LogP contribution in [0.1, 0.15) is 32.9 Å². The quantitative estimate of drug-likeness (QED) is 0.543. The summed E-state index contributed by atoms with van der Waals surface area (Å²) in [4.78, 5) is 19.4. The van der Waals surface area contributed by atoms with Crippen LogP contribution in [-0.2, 0) is 11.2 Å². The van der Waals surface area contributed by atoms with Crippen molar-refractivity contribution in [1.82, 2.24) is 14.3 Å². The molecule has 0 N–H and O–H groups in total. The summed E-state index contributed by atoms with van der Waals surface area (Å²) in [5, 5.41) is 0.608. The average molecular weight is 400 g/mol. The summed E-state index contributed by atoms with van der Waals surface area (Å²) >= 11 is 6.21. The van der Waals surface area contributed by atoms with Gasteiger partial charge in [-0.3, -0.25) is 4.79 Å². The van der Waals surface area contributed by atoms with Crippen LogP contribution in [0.2, 0.25) is 5.02 Å². The minimum atomic E-state index is 0.0796. The number of fused-ring (bicyclic) bond motifs is 1. The van der Waals surface area contributed by atoms with Crippen LogP contribution >= 0.6 is 11.6 Å². The number of hydrogen-bond acceptors (Lipinski definition) is 3. The van der Waals surface area contributed by atoms with Crippen molar-refractivity contribution in [2.75, 3.05) is 19.7 Å². The highest BCUT2D eigenvalue weighted by Crippen LogP contribution is 2.28. The van der Waals surface area contributed by atoms with Gasteiger partial charge in [-0.05, 0) is 56.7 Å². The number of ether oxygens (including phenoxy) is 1. The van der Waals surface area contributed by atoms with E-state index in [2.05, 4.69) is 6.92 Å². The number of benzene rings is 1. The fraction of sp³-hybridized carbons (Fsp3) is 0.364. The number of imidazole rings is 1. The second kappa shape index (κ2) is 9.11. The molecule has 0 unspecified atom stereocenters. The average Bonchev–Trinajstić information content (AvgIpc) is 3.05. The van der Waals surface area contributed by atoms with Gasteiger partial charge < -0.3 is 14.0 Å². The zero-order valence-electron chi connectivity index (χ0n) is 16.6. The summed E-state index contributed by atoms with van der Waals surface area (Å²) in [5.41, 5.74) is 3.36. The molecule has 6 heteroatoms. The number of aromatic nitrogens is 2. The first-order valence-electron chi connectivity index (χ1n) is 9.74. The number of amides is 1. The first-order chi connectivity index (χ1) is 13.6. The van der Waals surface area contributed by atoms with Gasteiger partial charge in [0.05, 0.1) is 29.4 Å². The highest BCUT2D eigenvalue weighted by molar-refractivity contribution is 6.30. The Morgan fingerprint density at radius 1 is 1.11 bits per heavy atom. The molecule has 0 saturated heterocycles. The van der Waals surface area contributed by atoms with E-state index in [9.17, 15) is 4.79 Å². The molecule has 2 aromatic heterocycles. The topological polar surface area (TPSA) is 46.8 Å². The van der Waals surface area contributed by atoms with Crippen molar-refractivity contribution in [3.63, 3.8) is 0 Å². The highest BCUT2D eigenvalue weighted by atomic mass is 35.5. The summed E-state index contributed by atoms with van der Waals surface area (Å²) in [7, 11) is 0. The third kappa shape index (κ3) is 4.30. The number of carbonyl (C=O) groups excluding carboxylic acids is 1. The molecule has 0 radical (unpaired) electrons. The maximum Gasteiger partial charge on any atom is 0.228 e. The van der Waals surface area contributed by atoms with E-state index in [1.165, 1.54) is 0 Å². The molecule has 3 aromatic rings. The molecule has 0 aliphatic rings. The van der Waals surface area contributed by atoms with E-state index in [1.54, 1.807) is 0 Å². The van der Waals surface area contributed by atoms with Crippen LogP contribution in [0.3, 0.4) is 0 Å². The third-order valence-electron chi connectivity index (χ3n) is 4.72. The summed E-state index contributed by atoms with van der Waals surface area (Å²) in [6.45, 7) is 8.12. The van der Waals surface area contributed by atoms with Gasteiger partial charge in [0.2, 0.25) is 5.91 Å². The zero-order valence-corrected chi connectivity index (χ0v) is 17.4. The molecule has 0 fully saturated rings. The van der Waals surface area contributed by atoms with Crippen molar-refractivity contribution >= 4 is 23.2 Å². The minimum Gasteiger partial charge on any atom is -0.494 e. The molecule has 5 nitrogen and oxygen atoms in total. The maximum atomic E-state index is 12.8. The molecule has 2 heterocycles. The molecule has 1 amide bonds. The largest absolute Gasteiger partial charge is 0.494 e. The lowest BCUT2D eigenvalue weighted by atomic mass is 10.1. The molecule has 0 saturated carbocycles. The van der Waals surface area contributed by atoms with Gasteiger partial charge in [-0.15, -0.1) is 0 Å². The van der Waals surface area contributed by atoms with Gasteiger partial charge in [-0.2, -0.15) is 0 Å². The van der Waals surface area contributed by atoms with Crippen LogP contribution in [0, 0.1) is 0 Å². The van der Waals surface area contributed by atoms with E-state index in [1.807, 2.05) is 65.7 Å². The van der Waals surface area contributed by atoms with Crippen molar-refractivity contribution in [3.05, 3.63) is 53.3 Å². The summed E-state index contributed by atoms with van der Waals surface area (Å²) < 4.78 is 7.59. The molecule has 28 heavy (non-hydrogen) atoms. The molecular weight excluding hydrogens is 374 g/mol. The molecule has 1 aromatic carbocycles. The fourth-order valence-electron chi connectivity index (χ4n) is 3.23. The number of rotatable bonds is 8. The number of nitrogens with zero attached hydrogens (tertiary/aromatic N) is 3. The van der Waals surface area contributed by atoms with Gasteiger partial charge in [0.1, 0.15) is 11.4 Å². The Labute approximate surface area is 170 Å². The lowest BCUT2D eigenvalue weighted by molar-refractivity contribution is -0.130. The summed E-state index contributed by atoms with van der Waals surface area (Å²) in [6.07, 6.45) is 3.05. The molecule has 0 atom stereocenters. The Kier molecular flexibility index (Phi) is 6.57. The first kappa shape index (κ1) is 20.2. The Bertz CT molecular complexity index is 946. The SMILES string of the molecule is CCCOc1ccc(-c2nc3ccc(Cl)cn3c2CC(=O)N(CC)CC)cc1. The van der Waals surface area contributed by atoms with Gasteiger partial charge in [0.15, 0.2) is 0 Å². The minimum absolute atomic E-state index is 0.0796. The second-order valence-corrected chi connectivity index (χ2v) is 7.03. The lowest BCUT2D eigenvalue weighted by Gasteiger charge is -2.18. The maximum absolute atomic E-state index is 12.8. The van der Waals surface area contributed by atoms with E-state index in [0.29, 0.717) is 24.7 Å². The predicted molar refractivity (Wildman–Crippen MR) is 113 cm³/mol. The molecule has 0 aliphatic carbocycles. The number of halogens is 1. The molecule has 0 spiro atoms. The van der Waals surface area contributed by atoms with Crippen molar-refractivity contribution in [1.29, 1.82) is 0 Å².